The Morgan fingerprint density at radius 2 is 1.80 bits per heavy atom. The van der Waals surface area contributed by atoms with Gasteiger partial charge in [0.15, 0.2) is 11.6 Å². The first-order valence-electron chi connectivity index (χ1n) is 4.08. The third-order valence-electron chi connectivity index (χ3n) is 1.97. The Labute approximate surface area is 86.8 Å². The Kier molecular flexibility index (Phi) is 4.51. The average Bonchev–Trinajstić information content (AvgIpc) is 2.25. The van der Waals surface area contributed by atoms with E-state index in [-0.39, 0.29) is 0 Å². The van der Waals surface area contributed by atoms with Gasteiger partial charge in [-0.05, 0) is 19.1 Å². The fraction of sp³-hybridized carbons (Fsp3) is 0.300. The summed E-state index contributed by atoms with van der Waals surface area (Å²) in [5, 5.41) is 9.83. The Morgan fingerprint density at radius 3 is 2.07 bits per heavy atom. The maximum atomic E-state index is 11.3. The van der Waals surface area contributed by atoms with E-state index >= 15 is 0 Å². The summed E-state index contributed by atoms with van der Waals surface area (Å²) in [6, 6.07) is -1.23. The van der Waals surface area contributed by atoms with E-state index in [1.54, 1.807) is 0 Å². The molecule has 1 unspecified atom stereocenters. The van der Waals surface area contributed by atoms with Crippen LogP contribution in [0.5, 0.6) is 0 Å². The highest BCUT2D eigenvalue weighted by atomic mass is 16.3. The van der Waals surface area contributed by atoms with Crippen LogP contribution in [0.1, 0.15) is 6.92 Å². The number of hydrogen-bond donors (Lipinski definition) is 1. The maximum Gasteiger partial charge on any atom is 0.235 e. The summed E-state index contributed by atoms with van der Waals surface area (Å²) < 4.78 is 0. The molecule has 1 atom stereocenters. The number of aliphatic hydroxyl groups is 1. The summed E-state index contributed by atoms with van der Waals surface area (Å²) in [6.07, 6.45) is 2.75. The molecule has 0 saturated carbocycles. The Morgan fingerprint density at radius 1 is 1.40 bits per heavy atom. The van der Waals surface area contributed by atoms with Gasteiger partial charge in [0.2, 0.25) is 11.7 Å². The highest BCUT2D eigenvalue weighted by Crippen LogP contribution is 2.17. The van der Waals surface area contributed by atoms with Crippen molar-refractivity contribution in [3.8, 4) is 0 Å². The molecule has 0 rings (SSSR count). The van der Waals surface area contributed by atoms with Crippen LogP contribution in [-0.4, -0.2) is 34.4 Å². The standard InChI is InChI=1S/C10H11NO4/c1-4-8(13)10(15,9(14)5-2)7(3)11-6-12/h4-5,7,15H,1-2H2,3H3. The minimum atomic E-state index is -2.42. The normalized spacial score (nSPS) is 12.1. The molecule has 0 aromatic rings. The van der Waals surface area contributed by atoms with Gasteiger partial charge < -0.3 is 5.11 Å². The van der Waals surface area contributed by atoms with Gasteiger partial charge in [0.25, 0.3) is 0 Å². The van der Waals surface area contributed by atoms with Crippen molar-refractivity contribution < 1.29 is 19.5 Å². The van der Waals surface area contributed by atoms with E-state index in [9.17, 15) is 19.5 Å². The summed E-state index contributed by atoms with van der Waals surface area (Å²) >= 11 is 0. The monoisotopic (exact) mass is 209 g/mol. The number of carbonyl (C=O) groups excluding carboxylic acids is 3. The molecule has 0 fully saturated rings. The van der Waals surface area contributed by atoms with Crippen LogP contribution >= 0.6 is 0 Å². The Bertz CT molecular complexity index is 332. The number of rotatable bonds is 6. The van der Waals surface area contributed by atoms with Crippen molar-refractivity contribution >= 4 is 17.6 Å². The van der Waals surface area contributed by atoms with E-state index in [1.807, 2.05) is 0 Å². The van der Waals surface area contributed by atoms with Gasteiger partial charge in [-0.15, -0.1) is 0 Å². The second-order valence-corrected chi connectivity index (χ2v) is 2.80. The lowest BCUT2D eigenvalue weighted by Crippen LogP contribution is -2.52. The van der Waals surface area contributed by atoms with Crippen LogP contribution in [0.2, 0.25) is 0 Å². The van der Waals surface area contributed by atoms with Gasteiger partial charge in [-0.3, -0.25) is 9.59 Å². The quantitative estimate of drug-likeness (QED) is 0.288. The first kappa shape index (κ1) is 13.2. The van der Waals surface area contributed by atoms with Crippen molar-refractivity contribution in [3.05, 3.63) is 25.3 Å². The SMILES string of the molecule is C=CC(=O)C(O)(C(=O)C=C)C(C)N=C=O. The molecule has 0 aromatic heterocycles. The molecule has 0 amide bonds. The first-order chi connectivity index (χ1) is 6.94. The molecule has 1 N–H and O–H groups in total. The number of ketones is 2. The molecular formula is C10H11NO4. The van der Waals surface area contributed by atoms with Crippen molar-refractivity contribution in [1.29, 1.82) is 0 Å². The van der Waals surface area contributed by atoms with E-state index in [0.29, 0.717) is 0 Å². The second-order valence-electron chi connectivity index (χ2n) is 2.80. The molecule has 0 aliphatic carbocycles. The number of isocyanates is 1. The minimum absolute atomic E-state index is 0.790. The zero-order valence-electron chi connectivity index (χ0n) is 8.27. The fourth-order valence-electron chi connectivity index (χ4n) is 1.02. The van der Waals surface area contributed by atoms with E-state index < -0.39 is 23.2 Å². The first-order valence-corrected chi connectivity index (χ1v) is 4.08. The van der Waals surface area contributed by atoms with Crippen LogP contribution in [0.15, 0.2) is 30.3 Å². The van der Waals surface area contributed by atoms with Crippen molar-refractivity contribution in [2.75, 3.05) is 0 Å². The molecule has 5 heteroatoms. The van der Waals surface area contributed by atoms with Crippen molar-refractivity contribution in [1.82, 2.24) is 0 Å². The zero-order chi connectivity index (χ0) is 12.1. The highest BCUT2D eigenvalue weighted by molar-refractivity contribution is 6.18. The highest BCUT2D eigenvalue weighted by Gasteiger charge is 2.45. The third kappa shape index (κ3) is 2.34. The van der Waals surface area contributed by atoms with Crippen molar-refractivity contribution in [2.45, 2.75) is 18.6 Å². The van der Waals surface area contributed by atoms with Gasteiger partial charge >= 0.3 is 0 Å². The number of carbonyl (C=O) groups is 2. The predicted molar refractivity (Wildman–Crippen MR) is 52.9 cm³/mol. The second kappa shape index (κ2) is 5.14. The molecule has 80 valence electrons. The van der Waals surface area contributed by atoms with Crippen LogP contribution in [0.4, 0.5) is 0 Å². The Hall–Kier alpha value is -1.84. The smallest absolute Gasteiger partial charge is 0.235 e. The number of hydrogen-bond acceptors (Lipinski definition) is 5. The van der Waals surface area contributed by atoms with Crippen LogP contribution < -0.4 is 0 Å². The molecule has 0 bridgehead atoms. The summed E-state index contributed by atoms with van der Waals surface area (Å²) in [5.41, 5.74) is -2.42. The molecule has 0 spiro atoms. The zero-order valence-corrected chi connectivity index (χ0v) is 8.27. The minimum Gasteiger partial charge on any atom is -0.372 e. The summed E-state index contributed by atoms with van der Waals surface area (Å²) in [7, 11) is 0. The van der Waals surface area contributed by atoms with Crippen LogP contribution in [0.3, 0.4) is 0 Å². The molecule has 15 heavy (non-hydrogen) atoms. The van der Waals surface area contributed by atoms with Crippen LogP contribution in [0.25, 0.3) is 0 Å². The number of aliphatic imine (C=N–C) groups is 1. The number of nitrogens with zero attached hydrogens (tertiary/aromatic N) is 1. The predicted octanol–water partition coefficient (Wildman–Crippen LogP) is -0.0480. The van der Waals surface area contributed by atoms with Crippen LogP contribution in [-0.2, 0) is 14.4 Å². The van der Waals surface area contributed by atoms with Crippen molar-refractivity contribution in [3.63, 3.8) is 0 Å². The van der Waals surface area contributed by atoms with E-state index in [0.717, 1.165) is 12.2 Å². The largest absolute Gasteiger partial charge is 0.372 e. The van der Waals surface area contributed by atoms with Crippen molar-refractivity contribution in [2.24, 2.45) is 4.99 Å². The molecule has 0 radical (unpaired) electrons. The fourth-order valence-corrected chi connectivity index (χ4v) is 1.02. The molecule has 5 nitrogen and oxygen atoms in total. The molecule has 0 aromatic carbocycles. The molecule has 0 saturated heterocycles. The molecular weight excluding hydrogens is 198 g/mol. The third-order valence-corrected chi connectivity index (χ3v) is 1.97. The average molecular weight is 209 g/mol. The Balaban J connectivity index is 5.46. The summed E-state index contributed by atoms with van der Waals surface area (Å²) in [4.78, 5) is 35.8. The molecule has 0 aliphatic heterocycles. The van der Waals surface area contributed by atoms with E-state index in [2.05, 4.69) is 18.2 Å². The van der Waals surface area contributed by atoms with E-state index in [1.165, 1.54) is 13.0 Å². The summed E-state index contributed by atoms with van der Waals surface area (Å²) in [5.74, 6) is -1.86. The van der Waals surface area contributed by atoms with Gasteiger partial charge in [-0.2, -0.15) is 4.99 Å². The van der Waals surface area contributed by atoms with Gasteiger partial charge in [0.1, 0.15) is 6.04 Å². The lowest BCUT2D eigenvalue weighted by atomic mass is 9.86. The lowest BCUT2D eigenvalue weighted by Gasteiger charge is -2.25. The lowest BCUT2D eigenvalue weighted by molar-refractivity contribution is -0.146. The van der Waals surface area contributed by atoms with Crippen LogP contribution in [0, 0.1) is 0 Å². The van der Waals surface area contributed by atoms with Gasteiger partial charge in [0.05, 0.1) is 0 Å². The molecule has 0 aliphatic rings. The van der Waals surface area contributed by atoms with E-state index in [4.69, 9.17) is 0 Å². The van der Waals surface area contributed by atoms with Gasteiger partial charge in [-0.1, -0.05) is 13.2 Å². The molecule has 0 heterocycles. The van der Waals surface area contributed by atoms with Gasteiger partial charge in [0, 0.05) is 0 Å². The maximum absolute atomic E-state index is 11.3. The summed E-state index contributed by atoms with van der Waals surface area (Å²) in [6.45, 7) is 7.54. The topological polar surface area (TPSA) is 83.8 Å². The van der Waals surface area contributed by atoms with Gasteiger partial charge in [-0.25, -0.2) is 4.79 Å².